The number of anilines is 1. The van der Waals surface area contributed by atoms with Crippen LogP contribution in [0.4, 0.5) is 10.1 Å². The van der Waals surface area contributed by atoms with Crippen molar-refractivity contribution in [2.75, 3.05) is 18.6 Å². The van der Waals surface area contributed by atoms with E-state index in [-0.39, 0.29) is 16.8 Å². The summed E-state index contributed by atoms with van der Waals surface area (Å²) in [5.41, 5.74) is 1.06. The third kappa shape index (κ3) is 5.41. The maximum atomic E-state index is 14.3. The van der Waals surface area contributed by atoms with Gasteiger partial charge in [0.15, 0.2) is 6.10 Å². The second-order valence-electron chi connectivity index (χ2n) is 10.1. The predicted molar refractivity (Wildman–Crippen MR) is 147 cm³/mol. The molecule has 1 saturated carbocycles. The van der Waals surface area contributed by atoms with E-state index in [1.54, 1.807) is 18.2 Å². The first-order valence-electron chi connectivity index (χ1n) is 13.0. The molecule has 218 valence electrons. The van der Waals surface area contributed by atoms with Gasteiger partial charge < -0.3 is 29.7 Å². The Labute approximate surface area is 248 Å². The minimum atomic E-state index is -1.39. The molecule has 2 fully saturated rings. The van der Waals surface area contributed by atoms with Gasteiger partial charge in [-0.15, -0.1) is 5.10 Å². The zero-order valence-corrected chi connectivity index (χ0v) is 23.8. The molecule has 3 N–H and O–H groups in total. The number of aliphatic hydroxyl groups is 3. The van der Waals surface area contributed by atoms with Crippen molar-refractivity contribution in [1.29, 1.82) is 10.5 Å². The SMILES string of the molecule is CO[C@@H]1[C@@H](n2cc(-c3ccc(C#N)c(F)c3)nn2)[C@@H](O)[C@@H](CO)O[C@H]1C(=O)N(c1cc(Br)cc(C#N)c1)[C@@H]1CC[C@H]1O. The molecule has 0 unspecified atom stereocenters. The highest BCUT2D eigenvalue weighted by atomic mass is 79.9. The molecule has 1 aromatic heterocycles. The molecule has 2 aliphatic rings. The summed E-state index contributed by atoms with van der Waals surface area (Å²) in [5.74, 6) is -1.35. The van der Waals surface area contributed by atoms with Gasteiger partial charge >= 0.3 is 0 Å². The lowest BCUT2D eigenvalue weighted by molar-refractivity contribution is -0.211. The average molecular weight is 641 g/mol. The number of nitriles is 2. The Morgan fingerprint density at radius 2 is 2.02 bits per heavy atom. The highest BCUT2D eigenvalue weighted by molar-refractivity contribution is 9.10. The molecule has 7 atom stereocenters. The summed E-state index contributed by atoms with van der Waals surface area (Å²) in [6.07, 6.45) is -3.55. The molecule has 0 radical (unpaired) electrons. The van der Waals surface area contributed by atoms with Crippen LogP contribution in [0.5, 0.6) is 0 Å². The van der Waals surface area contributed by atoms with Gasteiger partial charge in [0.25, 0.3) is 5.91 Å². The number of nitrogens with zero attached hydrogens (tertiary/aromatic N) is 6. The third-order valence-electron chi connectivity index (χ3n) is 7.65. The van der Waals surface area contributed by atoms with E-state index in [9.17, 15) is 29.8 Å². The lowest BCUT2D eigenvalue weighted by Crippen LogP contribution is -2.64. The van der Waals surface area contributed by atoms with Crippen molar-refractivity contribution >= 4 is 27.5 Å². The smallest absolute Gasteiger partial charge is 0.259 e. The highest BCUT2D eigenvalue weighted by Gasteiger charge is 2.52. The number of halogens is 2. The quantitative estimate of drug-likeness (QED) is 0.345. The zero-order chi connectivity index (χ0) is 30.1. The normalized spacial score (nSPS) is 27.0. The van der Waals surface area contributed by atoms with Crippen molar-refractivity contribution < 1.29 is 34.0 Å². The van der Waals surface area contributed by atoms with Crippen LogP contribution in [0, 0.1) is 28.5 Å². The summed E-state index contributed by atoms with van der Waals surface area (Å²) in [6.45, 7) is -0.637. The Hall–Kier alpha value is -3.76. The fraction of sp³-hybridized carbons (Fsp3) is 0.393. The molecule has 2 heterocycles. The lowest BCUT2D eigenvalue weighted by atomic mass is 9.85. The molecule has 3 aromatic rings. The van der Waals surface area contributed by atoms with Gasteiger partial charge in [0.05, 0.1) is 42.1 Å². The number of methoxy groups -OCH3 is 1. The van der Waals surface area contributed by atoms with Crippen molar-refractivity contribution in [3.63, 3.8) is 0 Å². The topological polar surface area (TPSA) is 178 Å². The van der Waals surface area contributed by atoms with Crippen LogP contribution in [0.15, 0.2) is 47.1 Å². The first-order valence-corrected chi connectivity index (χ1v) is 13.8. The van der Waals surface area contributed by atoms with Gasteiger partial charge in [-0.2, -0.15) is 10.5 Å². The number of carbonyl (C=O) groups is 1. The van der Waals surface area contributed by atoms with E-state index in [1.165, 1.54) is 41.1 Å². The second kappa shape index (κ2) is 12.2. The zero-order valence-electron chi connectivity index (χ0n) is 22.2. The fourth-order valence-electron chi connectivity index (χ4n) is 5.34. The summed E-state index contributed by atoms with van der Waals surface area (Å²) >= 11 is 3.37. The number of carbonyl (C=O) groups excluding carboxylic acids is 1. The Kier molecular flexibility index (Phi) is 8.65. The summed E-state index contributed by atoms with van der Waals surface area (Å²) in [4.78, 5) is 15.6. The molecular formula is C28H26BrFN6O6. The van der Waals surface area contributed by atoms with Crippen LogP contribution in [0.3, 0.4) is 0 Å². The standard InChI is InChI=1S/C28H26BrFN6O6/c1-41-26-24(35-12-20(33-34-35)15-2-3-16(11-32)19(30)8-15)25(39)23(13-37)42-27(26)28(40)36(21-4-5-22(21)38)18-7-14(10-31)6-17(29)9-18/h2-3,6-9,12,21-27,37-39H,4-5,13H2,1H3/t21-,22-,23-,24+,25+,26-,27-/m1/s1. The molecule has 12 nitrogen and oxygen atoms in total. The maximum Gasteiger partial charge on any atom is 0.259 e. The van der Waals surface area contributed by atoms with Crippen molar-refractivity contribution in [3.8, 4) is 23.4 Å². The molecular weight excluding hydrogens is 615 g/mol. The summed E-state index contributed by atoms with van der Waals surface area (Å²) in [5, 5.41) is 58.5. The van der Waals surface area contributed by atoms with E-state index in [1.807, 2.05) is 0 Å². The van der Waals surface area contributed by atoms with E-state index < -0.39 is 60.9 Å². The Bertz CT molecular complexity index is 1570. The fourth-order valence-corrected chi connectivity index (χ4v) is 5.82. The minimum Gasteiger partial charge on any atom is -0.394 e. The predicted octanol–water partition coefficient (Wildman–Crippen LogP) is 1.82. The number of aromatic nitrogens is 3. The number of benzene rings is 2. The van der Waals surface area contributed by atoms with Crippen LogP contribution in [0.25, 0.3) is 11.3 Å². The Morgan fingerprint density at radius 3 is 2.62 bits per heavy atom. The number of rotatable bonds is 7. The first kappa shape index (κ1) is 29.7. The number of ether oxygens (including phenoxy) is 2. The summed E-state index contributed by atoms with van der Waals surface area (Å²) < 4.78 is 27.7. The molecule has 1 aliphatic heterocycles. The van der Waals surface area contributed by atoms with E-state index in [4.69, 9.17) is 14.7 Å². The monoisotopic (exact) mass is 640 g/mol. The van der Waals surface area contributed by atoms with Crippen LogP contribution >= 0.6 is 15.9 Å². The number of aliphatic hydroxyl groups excluding tert-OH is 3. The molecule has 1 saturated heterocycles. The van der Waals surface area contributed by atoms with Gasteiger partial charge in [-0.3, -0.25) is 4.79 Å². The largest absolute Gasteiger partial charge is 0.394 e. The summed E-state index contributed by atoms with van der Waals surface area (Å²) in [6, 6.07) is 10.8. The van der Waals surface area contributed by atoms with Gasteiger partial charge in [0.2, 0.25) is 0 Å². The molecule has 42 heavy (non-hydrogen) atoms. The first-order chi connectivity index (χ1) is 20.2. The minimum absolute atomic E-state index is 0.133. The van der Waals surface area contributed by atoms with Crippen LogP contribution in [-0.4, -0.2) is 86.5 Å². The van der Waals surface area contributed by atoms with Gasteiger partial charge in [0, 0.05) is 22.8 Å². The van der Waals surface area contributed by atoms with Gasteiger partial charge in [-0.25, -0.2) is 9.07 Å². The highest BCUT2D eigenvalue weighted by Crippen LogP contribution is 2.38. The molecule has 1 aliphatic carbocycles. The van der Waals surface area contributed by atoms with Gasteiger partial charge in [-0.05, 0) is 43.2 Å². The average Bonchev–Trinajstić information content (AvgIpc) is 3.47. The van der Waals surface area contributed by atoms with E-state index in [0.717, 1.165) is 6.07 Å². The van der Waals surface area contributed by atoms with Gasteiger partial charge in [-0.1, -0.05) is 27.2 Å². The van der Waals surface area contributed by atoms with Gasteiger partial charge in [0.1, 0.15) is 41.9 Å². The number of amides is 1. The van der Waals surface area contributed by atoms with Crippen LogP contribution in [0.2, 0.25) is 0 Å². The van der Waals surface area contributed by atoms with Crippen molar-refractivity contribution in [2.45, 2.75) is 55.4 Å². The molecule has 0 spiro atoms. The lowest BCUT2D eigenvalue weighted by Gasteiger charge is -2.47. The Morgan fingerprint density at radius 1 is 1.24 bits per heavy atom. The maximum absolute atomic E-state index is 14.3. The summed E-state index contributed by atoms with van der Waals surface area (Å²) in [7, 11) is 1.33. The van der Waals surface area contributed by atoms with Crippen molar-refractivity contribution in [3.05, 3.63) is 64.0 Å². The molecule has 0 bridgehead atoms. The molecule has 14 heteroatoms. The molecule has 5 rings (SSSR count). The van der Waals surface area contributed by atoms with Crippen LogP contribution < -0.4 is 4.90 Å². The van der Waals surface area contributed by atoms with Crippen LogP contribution in [-0.2, 0) is 14.3 Å². The van der Waals surface area contributed by atoms with Crippen LogP contribution in [0.1, 0.15) is 30.0 Å². The van der Waals surface area contributed by atoms with Crippen molar-refractivity contribution in [2.24, 2.45) is 0 Å². The Balaban J connectivity index is 1.53. The number of hydrogen-bond acceptors (Lipinski definition) is 10. The van der Waals surface area contributed by atoms with Crippen molar-refractivity contribution in [1.82, 2.24) is 15.0 Å². The third-order valence-corrected chi connectivity index (χ3v) is 8.10. The molecule has 2 aromatic carbocycles. The van der Waals surface area contributed by atoms with E-state index >= 15 is 0 Å². The number of hydrogen-bond donors (Lipinski definition) is 3. The van der Waals surface area contributed by atoms with E-state index in [2.05, 4.69) is 32.3 Å². The second-order valence-corrected chi connectivity index (χ2v) is 11.0. The van der Waals surface area contributed by atoms with E-state index in [0.29, 0.717) is 28.6 Å². The molecule has 1 amide bonds.